The highest BCUT2D eigenvalue weighted by Crippen LogP contribution is 2.11. The van der Waals surface area contributed by atoms with E-state index in [2.05, 4.69) is 26.6 Å². The molecule has 6 atom stereocenters. The fourth-order valence-corrected chi connectivity index (χ4v) is 3.67. The van der Waals surface area contributed by atoms with Crippen LogP contribution in [0, 0.1) is 5.92 Å². The van der Waals surface area contributed by atoms with E-state index in [1.54, 1.807) is 44.2 Å². The number of carboxylic acids is 2. The summed E-state index contributed by atoms with van der Waals surface area (Å²) in [6.07, 6.45) is -1.77. The molecule has 0 aliphatic carbocycles. The van der Waals surface area contributed by atoms with Crippen LogP contribution in [0.2, 0.25) is 0 Å². The third-order valence-electron chi connectivity index (χ3n) is 6.40. The Hall–Kier alpha value is -4.57. The summed E-state index contributed by atoms with van der Waals surface area (Å²) < 4.78 is 0. The van der Waals surface area contributed by atoms with Crippen molar-refractivity contribution in [1.82, 2.24) is 26.6 Å². The molecule has 16 heteroatoms. The maximum Gasteiger partial charge on any atom is 0.322 e. The summed E-state index contributed by atoms with van der Waals surface area (Å²) in [5, 5.41) is 39.2. The molecule has 10 N–H and O–H groups in total. The molecule has 43 heavy (non-hydrogen) atoms. The lowest BCUT2D eigenvalue weighted by molar-refractivity contribution is -0.141. The van der Waals surface area contributed by atoms with Crippen LogP contribution in [0.15, 0.2) is 30.3 Å². The van der Waals surface area contributed by atoms with Gasteiger partial charge in [-0.2, -0.15) is 0 Å². The molecular formula is C27H40N6O10. The van der Waals surface area contributed by atoms with Crippen LogP contribution >= 0.6 is 0 Å². The van der Waals surface area contributed by atoms with Gasteiger partial charge in [0.05, 0.1) is 19.1 Å². The molecule has 0 aromatic heterocycles. The standard InChI is InChI=1S/C27H40N6O10/c1-4-14(2)23(33-25(41)18(11-20(36)37)31-26(42)22(28)15(3)34)27(43)32-17(10-16-8-6-5-7-9-16)24(40)30-12-19(35)29-13-21(38)39/h5-9,14-15,17-18,22-23,34H,4,10-13,28H2,1-3H3,(H,29,35)(H,30,40)(H,31,42)(H,32,43)(H,33,41)(H,36,37)(H,38,39)/t14-,15+,17-,18-,22-,23-/m0/s1. The number of aliphatic hydroxyl groups excluding tert-OH is 1. The Morgan fingerprint density at radius 1 is 0.767 bits per heavy atom. The van der Waals surface area contributed by atoms with Crippen molar-refractivity contribution >= 4 is 41.5 Å². The number of benzene rings is 1. The highest BCUT2D eigenvalue weighted by atomic mass is 16.4. The van der Waals surface area contributed by atoms with E-state index >= 15 is 0 Å². The van der Waals surface area contributed by atoms with Crippen molar-refractivity contribution in [3.05, 3.63) is 35.9 Å². The summed E-state index contributed by atoms with van der Waals surface area (Å²) in [6, 6.07) is 3.00. The lowest BCUT2D eigenvalue weighted by Gasteiger charge is -2.28. The van der Waals surface area contributed by atoms with Crippen molar-refractivity contribution < 1.29 is 48.9 Å². The number of carboxylic acid groups (broad SMARTS) is 2. The van der Waals surface area contributed by atoms with Crippen molar-refractivity contribution in [2.45, 2.75) is 70.3 Å². The molecule has 0 bridgehead atoms. The van der Waals surface area contributed by atoms with Gasteiger partial charge < -0.3 is 47.6 Å². The largest absolute Gasteiger partial charge is 0.481 e. The van der Waals surface area contributed by atoms with Crippen LogP contribution in [0.5, 0.6) is 0 Å². The molecule has 0 saturated heterocycles. The smallest absolute Gasteiger partial charge is 0.322 e. The topological polar surface area (TPSA) is 266 Å². The van der Waals surface area contributed by atoms with Crippen LogP contribution in [0.1, 0.15) is 39.2 Å². The first-order valence-electron chi connectivity index (χ1n) is 13.5. The van der Waals surface area contributed by atoms with Gasteiger partial charge in [-0.3, -0.25) is 33.6 Å². The highest BCUT2D eigenvalue weighted by Gasteiger charge is 2.34. The van der Waals surface area contributed by atoms with Crippen LogP contribution in [-0.4, -0.2) is 100 Å². The van der Waals surface area contributed by atoms with Crippen molar-refractivity contribution in [2.24, 2.45) is 11.7 Å². The van der Waals surface area contributed by atoms with Gasteiger partial charge in [-0.15, -0.1) is 0 Å². The number of carbonyl (C=O) groups excluding carboxylic acids is 5. The number of aliphatic hydroxyl groups is 1. The van der Waals surface area contributed by atoms with Gasteiger partial charge in [0, 0.05) is 6.42 Å². The lowest BCUT2D eigenvalue weighted by Crippen LogP contribution is -2.60. The summed E-state index contributed by atoms with van der Waals surface area (Å²) in [5.41, 5.74) is 6.24. The molecule has 238 valence electrons. The Labute approximate surface area is 248 Å². The molecule has 0 fully saturated rings. The van der Waals surface area contributed by atoms with E-state index in [1.807, 2.05) is 0 Å². The monoisotopic (exact) mass is 608 g/mol. The van der Waals surface area contributed by atoms with Gasteiger partial charge in [0.25, 0.3) is 0 Å². The molecule has 1 aromatic rings. The molecule has 5 amide bonds. The molecule has 0 spiro atoms. The highest BCUT2D eigenvalue weighted by molar-refractivity contribution is 5.97. The Morgan fingerprint density at radius 2 is 1.37 bits per heavy atom. The predicted molar refractivity (Wildman–Crippen MR) is 151 cm³/mol. The molecular weight excluding hydrogens is 568 g/mol. The maximum atomic E-state index is 13.5. The van der Waals surface area contributed by atoms with Crippen LogP contribution in [0.25, 0.3) is 0 Å². The predicted octanol–water partition coefficient (Wildman–Crippen LogP) is -2.77. The normalized spacial score (nSPS) is 14.9. The minimum absolute atomic E-state index is 0.00867. The molecule has 0 aliphatic rings. The van der Waals surface area contributed by atoms with E-state index in [1.165, 1.54) is 6.92 Å². The third kappa shape index (κ3) is 13.3. The number of nitrogens with two attached hydrogens (primary N) is 1. The van der Waals surface area contributed by atoms with E-state index in [-0.39, 0.29) is 6.42 Å². The molecule has 0 heterocycles. The van der Waals surface area contributed by atoms with Crippen LogP contribution in [0.3, 0.4) is 0 Å². The van der Waals surface area contributed by atoms with E-state index in [0.717, 1.165) is 0 Å². The maximum absolute atomic E-state index is 13.5. The van der Waals surface area contributed by atoms with Gasteiger partial charge in [0.2, 0.25) is 29.5 Å². The van der Waals surface area contributed by atoms with Gasteiger partial charge >= 0.3 is 11.9 Å². The van der Waals surface area contributed by atoms with Crippen molar-refractivity contribution in [3.63, 3.8) is 0 Å². The second-order valence-electron chi connectivity index (χ2n) is 9.94. The average molecular weight is 609 g/mol. The van der Waals surface area contributed by atoms with Gasteiger partial charge in [-0.25, -0.2) is 0 Å². The van der Waals surface area contributed by atoms with E-state index in [4.69, 9.17) is 10.8 Å². The quantitative estimate of drug-likeness (QED) is 0.0823. The lowest BCUT2D eigenvalue weighted by atomic mass is 9.96. The number of rotatable bonds is 18. The molecule has 0 saturated carbocycles. The summed E-state index contributed by atoms with van der Waals surface area (Å²) in [5.74, 6) is -7.54. The number of carbonyl (C=O) groups is 7. The molecule has 0 aliphatic heterocycles. The summed E-state index contributed by atoms with van der Waals surface area (Å²) in [4.78, 5) is 85.8. The fourth-order valence-electron chi connectivity index (χ4n) is 3.67. The fraction of sp³-hybridized carbons (Fsp3) is 0.519. The zero-order valence-corrected chi connectivity index (χ0v) is 24.2. The first-order chi connectivity index (χ1) is 20.2. The van der Waals surface area contributed by atoms with Gasteiger partial charge in [0.1, 0.15) is 30.7 Å². The van der Waals surface area contributed by atoms with Crippen molar-refractivity contribution in [2.75, 3.05) is 13.1 Å². The molecule has 1 rings (SSSR count). The van der Waals surface area contributed by atoms with E-state index < -0.39 is 97.2 Å². The van der Waals surface area contributed by atoms with E-state index in [0.29, 0.717) is 12.0 Å². The number of hydrogen-bond donors (Lipinski definition) is 9. The van der Waals surface area contributed by atoms with Crippen molar-refractivity contribution in [3.8, 4) is 0 Å². The van der Waals surface area contributed by atoms with Gasteiger partial charge in [-0.05, 0) is 18.4 Å². The summed E-state index contributed by atoms with van der Waals surface area (Å²) in [6.45, 7) is 3.40. The summed E-state index contributed by atoms with van der Waals surface area (Å²) in [7, 11) is 0. The average Bonchev–Trinajstić information content (AvgIpc) is 2.95. The minimum Gasteiger partial charge on any atom is -0.481 e. The molecule has 16 nitrogen and oxygen atoms in total. The number of amides is 5. The van der Waals surface area contributed by atoms with Crippen LogP contribution in [0.4, 0.5) is 0 Å². The number of nitrogens with one attached hydrogen (secondary N) is 5. The molecule has 1 aromatic carbocycles. The number of hydrogen-bond acceptors (Lipinski definition) is 9. The summed E-state index contributed by atoms with van der Waals surface area (Å²) >= 11 is 0. The van der Waals surface area contributed by atoms with Gasteiger partial charge in [0.15, 0.2) is 0 Å². The van der Waals surface area contributed by atoms with Gasteiger partial charge in [-0.1, -0.05) is 50.6 Å². The van der Waals surface area contributed by atoms with Crippen LogP contribution in [-0.2, 0) is 40.0 Å². The Bertz CT molecular complexity index is 1150. The molecule has 0 radical (unpaired) electrons. The van der Waals surface area contributed by atoms with Crippen molar-refractivity contribution in [1.29, 1.82) is 0 Å². The Kier molecular flexibility index (Phi) is 15.3. The Balaban J connectivity index is 3.15. The number of aliphatic carboxylic acids is 2. The van der Waals surface area contributed by atoms with E-state index in [9.17, 15) is 43.8 Å². The Morgan fingerprint density at radius 3 is 1.91 bits per heavy atom. The first-order valence-corrected chi connectivity index (χ1v) is 13.5. The minimum atomic E-state index is -1.64. The third-order valence-corrected chi connectivity index (χ3v) is 6.40. The zero-order valence-electron chi connectivity index (χ0n) is 24.2. The van der Waals surface area contributed by atoms with Crippen LogP contribution < -0.4 is 32.3 Å². The second kappa shape index (κ2) is 18.1. The molecule has 0 unspecified atom stereocenters. The SMILES string of the molecule is CC[C@H](C)[C@H](NC(=O)[C@H](CC(=O)O)NC(=O)[C@@H](N)[C@@H](C)O)C(=O)N[C@@H](Cc1ccccc1)C(=O)NCC(=O)NCC(=O)O. The first kappa shape index (κ1) is 36.5. The second-order valence-corrected chi connectivity index (χ2v) is 9.94. The zero-order chi connectivity index (χ0) is 32.7.